The van der Waals surface area contributed by atoms with Gasteiger partial charge in [-0.2, -0.15) is 0 Å². The molecule has 0 aromatic carbocycles. The van der Waals surface area contributed by atoms with E-state index in [1.54, 1.807) is 0 Å². The van der Waals surface area contributed by atoms with E-state index < -0.39 is 0 Å². The van der Waals surface area contributed by atoms with Gasteiger partial charge in [-0.3, -0.25) is 0 Å². The van der Waals surface area contributed by atoms with Gasteiger partial charge in [0.05, 0.1) is 0 Å². The van der Waals surface area contributed by atoms with Gasteiger partial charge in [0.25, 0.3) is 0 Å². The van der Waals surface area contributed by atoms with Gasteiger partial charge in [-0.15, -0.1) is 0 Å². The molecule has 0 saturated heterocycles. The first-order valence-electron chi connectivity index (χ1n) is 6.31. The van der Waals surface area contributed by atoms with E-state index in [1.165, 1.54) is 25.7 Å². The lowest BCUT2D eigenvalue weighted by molar-refractivity contribution is 0.189. The van der Waals surface area contributed by atoms with Crippen molar-refractivity contribution in [3.8, 4) is 0 Å². The van der Waals surface area contributed by atoms with E-state index >= 15 is 0 Å². The Morgan fingerprint density at radius 1 is 1.14 bits per heavy atom. The number of hydrogen-bond acceptors (Lipinski definition) is 0. The fourth-order valence-corrected chi connectivity index (χ4v) is 4.23. The van der Waals surface area contributed by atoms with Crippen molar-refractivity contribution in [3.63, 3.8) is 0 Å². The first kappa shape index (κ1) is 10.5. The molecular formula is C14H26. The Labute approximate surface area is 89.5 Å². The van der Waals surface area contributed by atoms with Crippen LogP contribution in [0.4, 0.5) is 0 Å². The molecule has 2 rings (SSSR count). The molecular weight excluding hydrogens is 168 g/mol. The van der Waals surface area contributed by atoms with E-state index in [0.717, 1.165) is 17.8 Å². The maximum atomic E-state index is 2.51. The second-order valence-corrected chi connectivity index (χ2v) is 7.46. The first-order chi connectivity index (χ1) is 6.31. The van der Waals surface area contributed by atoms with Crippen molar-refractivity contribution in [1.29, 1.82) is 0 Å². The van der Waals surface area contributed by atoms with Crippen LogP contribution < -0.4 is 0 Å². The lowest BCUT2D eigenvalue weighted by Crippen LogP contribution is -2.22. The largest absolute Gasteiger partial charge is 0.0602 e. The molecule has 2 aliphatic carbocycles. The zero-order valence-corrected chi connectivity index (χ0v) is 10.6. The van der Waals surface area contributed by atoms with Crippen molar-refractivity contribution in [2.75, 3.05) is 0 Å². The molecule has 3 unspecified atom stereocenters. The highest BCUT2D eigenvalue weighted by atomic mass is 14.6. The number of fused-ring (bicyclic) bond motifs is 2. The molecule has 14 heavy (non-hydrogen) atoms. The van der Waals surface area contributed by atoms with Gasteiger partial charge >= 0.3 is 0 Å². The summed E-state index contributed by atoms with van der Waals surface area (Å²) in [5.74, 6) is 3.11. The lowest BCUT2D eigenvalue weighted by Gasteiger charge is -2.31. The zero-order chi connectivity index (χ0) is 10.6. The predicted molar refractivity (Wildman–Crippen MR) is 62.2 cm³/mol. The smallest absolute Gasteiger partial charge is 0.0295 e. The molecule has 0 aromatic rings. The SMILES string of the molecule is CC(C)(C)CC1CC2CCC1C2(C)C. The molecule has 0 heteroatoms. The van der Waals surface area contributed by atoms with Gasteiger partial charge in [-0.25, -0.2) is 0 Å². The fourth-order valence-electron chi connectivity index (χ4n) is 4.23. The summed E-state index contributed by atoms with van der Waals surface area (Å²) in [6.45, 7) is 12.2. The molecule has 0 amide bonds. The van der Waals surface area contributed by atoms with Crippen LogP contribution in [0.2, 0.25) is 0 Å². The molecule has 3 atom stereocenters. The normalized spacial score (nSPS) is 40.5. The molecule has 2 saturated carbocycles. The van der Waals surface area contributed by atoms with Crippen molar-refractivity contribution >= 4 is 0 Å². The first-order valence-corrected chi connectivity index (χ1v) is 6.31. The van der Waals surface area contributed by atoms with E-state index in [0.29, 0.717) is 10.8 Å². The second kappa shape index (κ2) is 3.00. The summed E-state index contributed by atoms with van der Waals surface area (Å²) in [7, 11) is 0. The third-order valence-corrected chi connectivity index (χ3v) is 4.86. The summed E-state index contributed by atoms with van der Waals surface area (Å²) in [6.07, 6.45) is 5.99. The maximum Gasteiger partial charge on any atom is -0.0295 e. The molecule has 2 aliphatic rings. The highest BCUT2D eigenvalue weighted by Crippen LogP contribution is 2.62. The second-order valence-electron chi connectivity index (χ2n) is 7.46. The zero-order valence-electron chi connectivity index (χ0n) is 10.6. The molecule has 0 nitrogen and oxygen atoms in total. The van der Waals surface area contributed by atoms with Crippen LogP contribution in [0, 0.1) is 28.6 Å². The topological polar surface area (TPSA) is 0 Å². The fraction of sp³-hybridized carbons (Fsp3) is 1.00. The van der Waals surface area contributed by atoms with Gasteiger partial charge in [-0.05, 0) is 54.3 Å². The van der Waals surface area contributed by atoms with Crippen LogP contribution in [0.1, 0.15) is 60.3 Å². The van der Waals surface area contributed by atoms with Crippen molar-refractivity contribution in [1.82, 2.24) is 0 Å². The minimum atomic E-state index is 0.533. The molecule has 2 bridgehead atoms. The Hall–Kier alpha value is 0. The van der Waals surface area contributed by atoms with Gasteiger partial charge in [-0.1, -0.05) is 34.6 Å². The number of hydrogen-bond donors (Lipinski definition) is 0. The molecule has 0 radical (unpaired) electrons. The molecule has 2 fully saturated rings. The minimum absolute atomic E-state index is 0.533. The highest BCUT2D eigenvalue weighted by Gasteiger charge is 2.53. The van der Waals surface area contributed by atoms with Gasteiger partial charge in [0.15, 0.2) is 0 Å². The van der Waals surface area contributed by atoms with E-state index in [-0.39, 0.29) is 0 Å². The summed E-state index contributed by atoms with van der Waals surface area (Å²) in [5.41, 5.74) is 1.20. The monoisotopic (exact) mass is 194 g/mol. The van der Waals surface area contributed by atoms with Crippen LogP contribution >= 0.6 is 0 Å². The standard InChI is InChI=1S/C14H26/c1-13(2,3)9-10-8-11-6-7-12(10)14(11,4)5/h10-12H,6-9H2,1-5H3. The molecule has 0 heterocycles. The molecule has 0 aliphatic heterocycles. The third kappa shape index (κ3) is 1.61. The van der Waals surface area contributed by atoms with E-state index in [1.807, 2.05) is 0 Å². The van der Waals surface area contributed by atoms with Crippen LogP contribution in [0.15, 0.2) is 0 Å². The molecule has 0 N–H and O–H groups in total. The summed E-state index contributed by atoms with van der Waals surface area (Å²) in [6, 6.07) is 0. The van der Waals surface area contributed by atoms with E-state index in [2.05, 4.69) is 34.6 Å². The third-order valence-electron chi connectivity index (χ3n) is 4.86. The quantitative estimate of drug-likeness (QED) is 0.577. The Balaban J connectivity index is 2.06. The van der Waals surface area contributed by atoms with Crippen molar-refractivity contribution in [2.45, 2.75) is 60.3 Å². The summed E-state index contributed by atoms with van der Waals surface area (Å²) < 4.78 is 0. The summed E-state index contributed by atoms with van der Waals surface area (Å²) in [5, 5.41) is 0. The molecule has 0 spiro atoms. The van der Waals surface area contributed by atoms with Gasteiger partial charge in [0.1, 0.15) is 0 Å². The summed E-state index contributed by atoms with van der Waals surface area (Å²) >= 11 is 0. The van der Waals surface area contributed by atoms with Crippen molar-refractivity contribution in [2.24, 2.45) is 28.6 Å². The van der Waals surface area contributed by atoms with Gasteiger partial charge in [0.2, 0.25) is 0 Å². The van der Waals surface area contributed by atoms with Crippen molar-refractivity contribution in [3.05, 3.63) is 0 Å². The Kier molecular flexibility index (Phi) is 2.25. The van der Waals surface area contributed by atoms with E-state index in [9.17, 15) is 0 Å². The average molecular weight is 194 g/mol. The molecule has 0 aromatic heterocycles. The highest BCUT2D eigenvalue weighted by molar-refractivity contribution is 5.02. The van der Waals surface area contributed by atoms with Crippen LogP contribution in [-0.2, 0) is 0 Å². The maximum absolute atomic E-state index is 2.51. The predicted octanol–water partition coefficient (Wildman–Crippen LogP) is 4.49. The van der Waals surface area contributed by atoms with Crippen molar-refractivity contribution < 1.29 is 0 Å². The van der Waals surface area contributed by atoms with Crippen LogP contribution in [0.3, 0.4) is 0 Å². The van der Waals surface area contributed by atoms with Crippen LogP contribution in [0.5, 0.6) is 0 Å². The van der Waals surface area contributed by atoms with Crippen LogP contribution in [0.25, 0.3) is 0 Å². The van der Waals surface area contributed by atoms with E-state index in [4.69, 9.17) is 0 Å². The van der Waals surface area contributed by atoms with Crippen LogP contribution in [-0.4, -0.2) is 0 Å². The molecule has 82 valence electrons. The number of rotatable bonds is 1. The summed E-state index contributed by atoms with van der Waals surface area (Å²) in [4.78, 5) is 0. The Morgan fingerprint density at radius 3 is 2.14 bits per heavy atom. The van der Waals surface area contributed by atoms with Gasteiger partial charge in [0, 0.05) is 0 Å². The Morgan fingerprint density at radius 2 is 1.79 bits per heavy atom. The van der Waals surface area contributed by atoms with Gasteiger partial charge < -0.3 is 0 Å². The minimum Gasteiger partial charge on any atom is -0.0602 e. The average Bonchev–Trinajstić information content (AvgIpc) is 2.36. The lowest BCUT2D eigenvalue weighted by atomic mass is 9.74. The Bertz CT molecular complexity index is 219.